The molecule has 0 spiro atoms. The highest BCUT2D eigenvalue weighted by molar-refractivity contribution is 5.94. The van der Waals surface area contributed by atoms with Crippen molar-refractivity contribution in [3.05, 3.63) is 17.0 Å². The van der Waals surface area contributed by atoms with Crippen molar-refractivity contribution in [3.63, 3.8) is 0 Å². The van der Waals surface area contributed by atoms with Crippen LogP contribution in [0.5, 0.6) is 0 Å². The number of carbonyl (C=O) groups excluding carboxylic acids is 1. The Balaban J connectivity index is 2.28. The lowest BCUT2D eigenvalue weighted by atomic mass is 10.2. The Labute approximate surface area is 95.8 Å². The Bertz CT molecular complexity index is 432. The average molecular weight is 247 g/mol. The van der Waals surface area contributed by atoms with Crippen LogP contribution in [0.15, 0.2) is 0 Å². The molecule has 2 rings (SSSR count). The first-order valence-corrected chi connectivity index (χ1v) is 5.32. The molecule has 7 heteroatoms. The zero-order valence-corrected chi connectivity index (χ0v) is 9.26. The van der Waals surface area contributed by atoms with Crippen LogP contribution in [0.1, 0.15) is 34.6 Å². The number of likely N-dealkylation sites (tertiary alicyclic amines) is 1. The molecule has 1 aliphatic rings. The summed E-state index contributed by atoms with van der Waals surface area (Å²) in [5, 5.41) is 5.39. The molecule has 1 aromatic heterocycles. The molecule has 0 aliphatic carbocycles. The van der Waals surface area contributed by atoms with Gasteiger partial charge in [-0.05, 0) is 19.8 Å². The molecule has 0 bridgehead atoms. The number of aromatic amines is 1. The quantitative estimate of drug-likeness (QED) is 0.824. The standard InChI is InChI=1S/C10H12F3N3O/c1-6-7(9(17)16-4-2-3-5-16)14-15-8(6)10(11,12)13/h2-5H2,1H3,(H,14,15). The molecular weight excluding hydrogens is 235 g/mol. The van der Waals surface area contributed by atoms with Crippen LogP contribution >= 0.6 is 0 Å². The molecule has 1 aliphatic heterocycles. The van der Waals surface area contributed by atoms with Crippen LogP contribution in [-0.2, 0) is 6.18 Å². The van der Waals surface area contributed by atoms with Crippen LogP contribution in [0.2, 0.25) is 0 Å². The molecule has 1 N–H and O–H groups in total. The lowest BCUT2D eigenvalue weighted by Gasteiger charge is -2.13. The van der Waals surface area contributed by atoms with E-state index in [-0.39, 0.29) is 11.3 Å². The van der Waals surface area contributed by atoms with Crippen LogP contribution in [0.3, 0.4) is 0 Å². The van der Waals surface area contributed by atoms with Crippen molar-refractivity contribution in [2.45, 2.75) is 25.9 Å². The molecular formula is C10H12F3N3O. The first-order valence-electron chi connectivity index (χ1n) is 5.32. The maximum absolute atomic E-state index is 12.5. The highest BCUT2D eigenvalue weighted by Gasteiger charge is 2.37. The maximum atomic E-state index is 12.5. The van der Waals surface area contributed by atoms with E-state index in [4.69, 9.17) is 0 Å². The monoisotopic (exact) mass is 247 g/mol. The fraction of sp³-hybridized carbons (Fsp3) is 0.600. The summed E-state index contributed by atoms with van der Waals surface area (Å²) in [4.78, 5) is 13.4. The van der Waals surface area contributed by atoms with Crippen molar-refractivity contribution >= 4 is 5.91 Å². The Morgan fingerprint density at radius 2 is 1.94 bits per heavy atom. The predicted molar refractivity (Wildman–Crippen MR) is 53.5 cm³/mol. The second-order valence-electron chi connectivity index (χ2n) is 4.07. The molecule has 94 valence electrons. The van der Waals surface area contributed by atoms with Crippen molar-refractivity contribution in [1.82, 2.24) is 15.1 Å². The Morgan fingerprint density at radius 3 is 2.41 bits per heavy atom. The summed E-state index contributed by atoms with van der Waals surface area (Å²) >= 11 is 0. The van der Waals surface area contributed by atoms with Gasteiger partial charge >= 0.3 is 6.18 Å². The van der Waals surface area contributed by atoms with E-state index in [0.29, 0.717) is 13.1 Å². The number of halogens is 3. The van der Waals surface area contributed by atoms with Crippen molar-refractivity contribution in [3.8, 4) is 0 Å². The van der Waals surface area contributed by atoms with Gasteiger partial charge in [-0.15, -0.1) is 0 Å². The van der Waals surface area contributed by atoms with Gasteiger partial charge < -0.3 is 4.90 Å². The van der Waals surface area contributed by atoms with Gasteiger partial charge in [-0.25, -0.2) is 0 Å². The second-order valence-corrected chi connectivity index (χ2v) is 4.07. The van der Waals surface area contributed by atoms with Gasteiger partial charge in [0.05, 0.1) is 0 Å². The molecule has 0 aromatic carbocycles. The molecule has 0 atom stereocenters. The van der Waals surface area contributed by atoms with Gasteiger partial charge in [0.15, 0.2) is 5.69 Å². The number of alkyl halides is 3. The molecule has 1 fully saturated rings. The highest BCUT2D eigenvalue weighted by Crippen LogP contribution is 2.31. The number of H-pyrrole nitrogens is 1. The molecule has 1 saturated heterocycles. The Hall–Kier alpha value is -1.53. The van der Waals surface area contributed by atoms with E-state index >= 15 is 0 Å². The van der Waals surface area contributed by atoms with Gasteiger partial charge in [0, 0.05) is 18.7 Å². The van der Waals surface area contributed by atoms with Crippen molar-refractivity contribution in [1.29, 1.82) is 0 Å². The van der Waals surface area contributed by atoms with Gasteiger partial charge in [0.1, 0.15) is 5.69 Å². The normalized spacial score (nSPS) is 16.6. The van der Waals surface area contributed by atoms with E-state index in [1.54, 1.807) is 0 Å². The molecule has 0 radical (unpaired) electrons. The fourth-order valence-electron chi connectivity index (χ4n) is 1.95. The SMILES string of the molecule is Cc1c(C(=O)N2CCCC2)n[nH]c1C(F)(F)F. The van der Waals surface area contributed by atoms with Crippen LogP contribution < -0.4 is 0 Å². The van der Waals surface area contributed by atoms with Crippen LogP contribution in [0, 0.1) is 6.92 Å². The average Bonchev–Trinajstić information content (AvgIpc) is 2.83. The number of aromatic nitrogens is 2. The van der Waals surface area contributed by atoms with Crippen LogP contribution in [-0.4, -0.2) is 34.1 Å². The van der Waals surface area contributed by atoms with E-state index in [1.165, 1.54) is 11.8 Å². The minimum absolute atomic E-state index is 0.126. The minimum atomic E-state index is -4.50. The summed E-state index contributed by atoms with van der Waals surface area (Å²) in [6.45, 7) is 2.44. The van der Waals surface area contributed by atoms with E-state index in [2.05, 4.69) is 5.10 Å². The molecule has 0 unspecified atom stereocenters. The molecule has 17 heavy (non-hydrogen) atoms. The maximum Gasteiger partial charge on any atom is 0.433 e. The van der Waals surface area contributed by atoms with Gasteiger partial charge in [-0.1, -0.05) is 0 Å². The zero-order chi connectivity index (χ0) is 12.6. The first kappa shape index (κ1) is 11.9. The summed E-state index contributed by atoms with van der Waals surface area (Å²) in [7, 11) is 0. The lowest BCUT2D eigenvalue weighted by molar-refractivity contribution is -0.141. The molecule has 4 nitrogen and oxygen atoms in total. The van der Waals surface area contributed by atoms with E-state index in [1.807, 2.05) is 5.10 Å². The zero-order valence-electron chi connectivity index (χ0n) is 9.26. The van der Waals surface area contributed by atoms with Crippen molar-refractivity contribution in [2.24, 2.45) is 0 Å². The Kier molecular flexibility index (Phi) is 2.84. The smallest absolute Gasteiger partial charge is 0.337 e. The molecule has 0 saturated carbocycles. The molecule has 2 heterocycles. The summed E-state index contributed by atoms with van der Waals surface area (Å²) < 4.78 is 37.5. The Morgan fingerprint density at radius 1 is 1.35 bits per heavy atom. The number of nitrogens with zero attached hydrogens (tertiary/aromatic N) is 2. The fourth-order valence-corrected chi connectivity index (χ4v) is 1.95. The van der Waals surface area contributed by atoms with Crippen LogP contribution in [0.4, 0.5) is 13.2 Å². The van der Waals surface area contributed by atoms with E-state index < -0.39 is 17.8 Å². The third-order valence-electron chi connectivity index (χ3n) is 2.89. The second kappa shape index (κ2) is 4.05. The van der Waals surface area contributed by atoms with Crippen LogP contribution in [0.25, 0.3) is 0 Å². The summed E-state index contributed by atoms with van der Waals surface area (Å²) in [5.74, 6) is -0.424. The molecule has 1 amide bonds. The third kappa shape index (κ3) is 2.13. The van der Waals surface area contributed by atoms with Crippen molar-refractivity contribution < 1.29 is 18.0 Å². The largest absolute Gasteiger partial charge is 0.433 e. The minimum Gasteiger partial charge on any atom is -0.337 e. The lowest BCUT2D eigenvalue weighted by Crippen LogP contribution is -2.28. The van der Waals surface area contributed by atoms with Gasteiger partial charge in [0.2, 0.25) is 0 Å². The summed E-state index contributed by atoms with van der Waals surface area (Å²) in [6.07, 6.45) is -2.72. The number of carbonyl (C=O) groups is 1. The van der Waals surface area contributed by atoms with E-state index in [0.717, 1.165) is 12.8 Å². The number of nitrogens with one attached hydrogen (secondary N) is 1. The van der Waals surface area contributed by atoms with Gasteiger partial charge in [-0.3, -0.25) is 9.89 Å². The topological polar surface area (TPSA) is 49.0 Å². The van der Waals surface area contributed by atoms with Crippen molar-refractivity contribution in [2.75, 3.05) is 13.1 Å². The summed E-state index contributed by atoms with van der Waals surface area (Å²) in [5.41, 5.74) is -1.20. The number of hydrogen-bond acceptors (Lipinski definition) is 2. The third-order valence-corrected chi connectivity index (χ3v) is 2.89. The number of rotatable bonds is 1. The van der Waals surface area contributed by atoms with Gasteiger partial charge in [0.25, 0.3) is 5.91 Å². The number of amides is 1. The van der Waals surface area contributed by atoms with Gasteiger partial charge in [-0.2, -0.15) is 18.3 Å². The molecule has 1 aromatic rings. The highest BCUT2D eigenvalue weighted by atomic mass is 19.4. The summed E-state index contributed by atoms with van der Waals surface area (Å²) in [6, 6.07) is 0. The number of hydrogen-bond donors (Lipinski definition) is 1. The van der Waals surface area contributed by atoms with E-state index in [9.17, 15) is 18.0 Å². The predicted octanol–water partition coefficient (Wildman–Crippen LogP) is 1.97. The first-order chi connectivity index (χ1) is 7.91.